The van der Waals surface area contributed by atoms with Crippen LogP contribution in [0.1, 0.15) is 54.2 Å². The maximum Gasteiger partial charge on any atom is 0.407 e. The van der Waals surface area contributed by atoms with Crippen LogP contribution in [0.5, 0.6) is 5.75 Å². The zero-order chi connectivity index (χ0) is 24.4. The van der Waals surface area contributed by atoms with Crippen LogP contribution >= 0.6 is 0 Å². The van der Waals surface area contributed by atoms with E-state index < -0.39 is 26.1 Å². The molecule has 0 aliphatic carbocycles. The summed E-state index contributed by atoms with van der Waals surface area (Å²) in [6, 6.07) is 11.3. The number of halogens is 1. The Morgan fingerprint density at radius 2 is 1.97 bits per heavy atom. The average Bonchev–Trinajstić information content (AvgIpc) is 3.19. The molecule has 1 N–H and O–H groups in total. The minimum atomic E-state index is -2.15. The summed E-state index contributed by atoms with van der Waals surface area (Å²) in [5, 5.41) is 2.69. The van der Waals surface area contributed by atoms with Gasteiger partial charge in [0.2, 0.25) is 0 Å². The topological polar surface area (TPSA) is 73.9 Å². The number of cyclic esters (lactones) is 1. The lowest BCUT2D eigenvalue weighted by atomic mass is 9.90. The Kier molecular flexibility index (Phi) is 7.28. The first-order valence-electron chi connectivity index (χ1n) is 11.0. The molecule has 1 amide bonds. The van der Waals surface area contributed by atoms with Crippen LogP contribution < -0.4 is 10.1 Å². The van der Waals surface area contributed by atoms with Crippen LogP contribution in [0.15, 0.2) is 42.5 Å². The van der Waals surface area contributed by atoms with Gasteiger partial charge in [-0.05, 0) is 47.5 Å². The van der Waals surface area contributed by atoms with Gasteiger partial charge in [-0.2, -0.15) is 0 Å². The van der Waals surface area contributed by atoms with Crippen molar-refractivity contribution < 1.29 is 27.9 Å². The number of hydrogen-bond donors (Lipinski definition) is 1. The van der Waals surface area contributed by atoms with Crippen molar-refractivity contribution in [2.24, 2.45) is 0 Å². The number of carbonyl (C=O) groups excluding carboxylic acids is 2. The molecule has 1 aliphatic rings. The highest BCUT2D eigenvalue weighted by atomic mass is 28.4. The van der Waals surface area contributed by atoms with E-state index in [4.69, 9.17) is 13.9 Å². The van der Waals surface area contributed by atoms with Gasteiger partial charge >= 0.3 is 6.09 Å². The smallest absolute Gasteiger partial charge is 0.407 e. The van der Waals surface area contributed by atoms with Crippen LogP contribution in [0.3, 0.4) is 0 Å². The highest BCUT2D eigenvalue weighted by Gasteiger charge is 2.38. The number of Topliss-reactive ketones (excluding diaryl/α,β-unsaturated/α-hetero) is 1. The maximum absolute atomic E-state index is 14.5. The normalized spacial score (nSPS) is 17.3. The zero-order valence-electron chi connectivity index (χ0n) is 20.0. The van der Waals surface area contributed by atoms with Crippen molar-refractivity contribution >= 4 is 20.2 Å². The van der Waals surface area contributed by atoms with Crippen molar-refractivity contribution in [3.63, 3.8) is 0 Å². The van der Waals surface area contributed by atoms with Crippen molar-refractivity contribution in [1.29, 1.82) is 0 Å². The number of alkyl carbamates (subject to hydrolysis) is 1. The molecule has 1 fully saturated rings. The lowest BCUT2D eigenvalue weighted by Crippen LogP contribution is -2.42. The summed E-state index contributed by atoms with van der Waals surface area (Å²) >= 11 is 0. The molecule has 178 valence electrons. The molecule has 0 saturated carbocycles. The number of benzene rings is 2. The largest absolute Gasteiger partial charge is 0.494 e. The summed E-state index contributed by atoms with van der Waals surface area (Å²) in [5.41, 5.74) is 1.77. The minimum Gasteiger partial charge on any atom is -0.494 e. The Labute approximate surface area is 195 Å². The first kappa shape index (κ1) is 24.9. The number of ether oxygens (including phenoxy) is 2. The Morgan fingerprint density at radius 1 is 1.24 bits per heavy atom. The van der Waals surface area contributed by atoms with Gasteiger partial charge in [0.05, 0.1) is 19.1 Å². The molecule has 2 unspecified atom stereocenters. The Hall–Kier alpha value is -2.71. The third-order valence-corrected chi connectivity index (χ3v) is 11.1. The SMILES string of the molecule is COc1ccc(C(CO[Si](C)(C)C(C)(C)C)C(=O)c2cccc(C3COC(=O)N3)c2)cc1F. The lowest BCUT2D eigenvalue weighted by Gasteiger charge is -2.37. The number of nitrogens with one attached hydrogen (secondary N) is 1. The number of ketones is 1. The molecule has 1 saturated heterocycles. The molecule has 1 heterocycles. The quantitative estimate of drug-likeness (QED) is 0.399. The van der Waals surface area contributed by atoms with E-state index in [9.17, 15) is 14.0 Å². The second kappa shape index (κ2) is 9.65. The van der Waals surface area contributed by atoms with E-state index in [1.54, 1.807) is 24.3 Å². The third kappa shape index (κ3) is 5.62. The van der Waals surface area contributed by atoms with Crippen LogP contribution in [0.2, 0.25) is 18.1 Å². The van der Waals surface area contributed by atoms with Crippen molar-refractivity contribution in [2.75, 3.05) is 20.3 Å². The number of rotatable bonds is 8. The van der Waals surface area contributed by atoms with Crippen molar-refractivity contribution in [2.45, 2.75) is 50.9 Å². The van der Waals surface area contributed by atoms with E-state index in [-0.39, 0.29) is 35.8 Å². The molecule has 6 nitrogen and oxygen atoms in total. The molecule has 3 rings (SSSR count). The number of amides is 1. The summed E-state index contributed by atoms with van der Waals surface area (Å²) < 4.78 is 30.9. The van der Waals surface area contributed by atoms with Gasteiger partial charge in [0.25, 0.3) is 0 Å². The molecule has 2 aromatic rings. The molecule has 0 radical (unpaired) electrons. The first-order chi connectivity index (χ1) is 15.4. The summed E-state index contributed by atoms with van der Waals surface area (Å²) in [7, 11) is -0.752. The molecular weight excluding hydrogens is 441 g/mol. The monoisotopic (exact) mass is 473 g/mol. The Bertz CT molecular complexity index is 1030. The van der Waals surface area contributed by atoms with Crippen molar-refractivity contribution in [3.05, 3.63) is 65.0 Å². The second-order valence-corrected chi connectivity index (χ2v) is 14.6. The van der Waals surface area contributed by atoms with E-state index in [2.05, 4.69) is 39.2 Å². The Morgan fingerprint density at radius 3 is 2.55 bits per heavy atom. The third-order valence-electron chi connectivity index (χ3n) is 6.56. The lowest BCUT2D eigenvalue weighted by molar-refractivity contribution is 0.0925. The van der Waals surface area contributed by atoms with Gasteiger partial charge in [0.1, 0.15) is 6.61 Å². The maximum atomic E-state index is 14.5. The molecule has 0 aromatic heterocycles. The molecular formula is C25H32FNO5Si. The van der Waals surface area contributed by atoms with Crippen LogP contribution in [-0.2, 0) is 9.16 Å². The molecule has 2 atom stereocenters. The number of hydrogen-bond acceptors (Lipinski definition) is 5. The van der Waals surface area contributed by atoms with Gasteiger partial charge in [0.15, 0.2) is 25.7 Å². The van der Waals surface area contributed by atoms with E-state index >= 15 is 0 Å². The van der Waals surface area contributed by atoms with E-state index in [0.29, 0.717) is 11.1 Å². The van der Waals surface area contributed by atoms with Crippen LogP contribution in [0.4, 0.5) is 9.18 Å². The van der Waals surface area contributed by atoms with E-state index in [1.807, 2.05) is 6.07 Å². The second-order valence-electron chi connectivity index (χ2n) is 9.80. The van der Waals surface area contributed by atoms with Gasteiger partial charge in [-0.25, -0.2) is 9.18 Å². The summed E-state index contributed by atoms with van der Waals surface area (Å²) in [5.74, 6) is -1.27. The molecule has 0 spiro atoms. The van der Waals surface area contributed by atoms with Crippen LogP contribution in [-0.4, -0.2) is 40.5 Å². The highest BCUT2D eigenvalue weighted by molar-refractivity contribution is 6.74. The first-order valence-corrected chi connectivity index (χ1v) is 13.9. The van der Waals surface area contributed by atoms with Crippen LogP contribution in [0, 0.1) is 5.82 Å². The van der Waals surface area contributed by atoms with Gasteiger partial charge < -0.3 is 19.2 Å². The molecule has 1 aliphatic heterocycles. The molecule has 33 heavy (non-hydrogen) atoms. The van der Waals surface area contributed by atoms with Gasteiger partial charge in [-0.3, -0.25) is 4.79 Å². The fourth-order valence-corrected chi connectivity index (χ4v) is 4.42. The highest BCUT2D eigenvalue weighted by Crippen LogP contribution is 2.38. The van der Waals surface area contributed by atoms with Gasteiger partial charge in [-0.15, -0.1) is 0 Å². The fourth-order valence-electron chi connectivity index (χ4n) is 3.40. The van der Waals surface area contributed by atoms with Gasteiger partial charge in [-0.1, -0.05) is 45.0 Å². The standard InChI is InChI=1S/C25H32FNO5Si/c1-25(2,3)33(5,6)32-14-19(16-10-11-22(30-4)20(26)13-16)23(28)18-9-7-8-17(12-18)21-15-31-24(29)27-21/h7-13,19,21H,14-15H2,1-6H3,(H,27,29). The Balaban J connectivity index is 1.94. The predicted octanol–water partition coefficient (Wildman–Crippen LogP) is 5.60. The number of methoxy groups -OCH3 is 1. The summed E-state index contributed by atoms with van der Waals surface area (Å²) in [6.45, 7) is 11.0. The molecule has 0 bridgehead atoms. The zero-order valence-corrected chi connectivity index (χ0v) is 21.0. The van der Waals surface area contributed by atoms with Crippen molar-refractivity contribution in [3.8, 4) is 5.75 Å². The molecule has 2 aromatic carbocycles. The predicted molar refractivity (Wildman–Crippen MR) is 127 cm³/mol. The molecule has 8 heteroatoms. The van der Waals surface area contributed by atoms with Gasteiger partial charge in [0, 0.05) is 12.2 Å². The summed E-state index contributed by atoms with van der Waals surface area (Å²) in [4.78, 5) is 25.1. The van der Waals surface area contributed by atoms with E-state index in [0.717, 1.165) is 5.56 Å². The van der Waals surface area contributed by atoms with E-state index in [1.165, 1.54) is 19.2 Å². The van der Waals surface area contributed by atoms with Crippen molar-refractivity contribution in [1.82, 2.24) is 5.32 Å². The average molecular weight is 474 g/mol. The number of carbonyl (C=O) groups is 2. The summed E-state index contributed by atoms with van der Waals surface area (Å²) in [6.07, 6.45) is -0.480. The minimum absolute atomic E-state index is 0.0354. The van der Waals surface area contributed by atoms with Crippen LogP contribution in [0.25, 0.3) is 0 Å². The fraction of sp³-hybridized carbons (Fsp3) is 0.440.